The first-order chi connectivity index (χ1) is 6.74. The Morgan fingerprint density at radius 3 is 2.14 bits per heavy atom. The molecule has 0 spiro atoms. The SMILES string of the molecule is CCCC(O)CCCCC(CC)CO. The number of hydrogen-bond donors (Lipinski definition) is 2. The van der Waals surface area contributed by atoms with Crippen molar-refractivity contribution in [3.05, 3.63) is 0 Å². The molecule has 0 bridgehead atoms. The summed E-state index contributed by atoms with van der Waals surface area (Å²) in [6, 6.07) is 0. The van der Waals surface area contributed by atoms with E-state index in [1.165, 1.54) is 0 Å². The molecule has 0 aromatic heterocycles. The zero-order valence-corrected chi connectivity index (χ0v) is 9.71. The van der Waals surface area contributed by atoms with Crippen molar-refractivity contribution < 1.29 is 10.2 Å². The molecule has 14 heavy (non-hydrogen) atoms. The Kier molecular flexibility index (Phi) is 9.42. The molecule has 0 radical (unpaired) electrons. The van der Waals surface area contributed by atoms with Gasteiger partial charge in [0.05, 0.1) is 6.10 Å². The quantitative estimate of drug-likeness (QED) is 0.564. The van der Waals surface area contributed by atoms with Gasteiger partial charge in [0.15, 0.2) is 0 Å². The standard InChI is InChI=1S/C12H26O2/c1-3-7-12(14)9-6-5-8-11(4-2)10-13/h11-14H,3-10H2,1-2H3. The summed E-state index contributed by atoms with van der Waals surface area (Å²) in [4.78, 5) is 0. The van der Waals surface area contributed by atoms with Crippen LogP contribution in [0.5, 0.6) is 0 Å². The van der Waals surface area contributed by atoms with E-state index in [-0.39, 0.29) is 6.10 Å². The Hall–Kier alpha value is -0.0800. The number of aliphatic hydroxyl groups is 2. The maximum Gasteiger partial charge on any atom is 0.0540 e. The van der Waals surface area contributed by atoms with Crippen LogP contribution in [0.15, 0.2) is 0 Å². The van der Waals surface area contributed by atoms with E-state index in [4.69, 9.17) is 5.11 Å². The van der Waals surface area contributed by atoms with Crippen LogP contribution in [0.25, 0.3) is 0 Å². The van der Waals surface area contributed by atoms with E-state index >= 15 is 0 Å². The second kappa shape index (κ2) is 9.47. The lowest BCUT2D eigenvalue weighted by Crippen LogP contribution is -2.07. The van der Waals surface area contributed by atoms with Crippen LogP contribution < -0.4 is 0 Å². The third-order valence-electron chi connectivity index (χ3n) is 2.86. The van der Waals surface area contributed by atoms with E-state index in [0.29, 0.717) is 12.5 Å². The summed E-state index contributed by atoms with van der Waals surface area (Å²) < 4.78 is 0. The molecule has 0 aliphatic carbocycles. The summed E-state index contributed by atoms with van der Waals surface area (Å²) in [5.74, 6) is 0.471. The van der Waals surface area contributed by atoms with Gasteiger partial charge in [-0.05, 0) is 25.2 Å². The lowest BCUT2D eigenvalue weighted by Gasteiger charge is -2.12. The van der Waals surface area contributed by atoms with Gasteiger partial charge >= 0.3 is 0 Å². The number of aliphatic hydroxyl groups excluding tert-OH is 2. The number of unbranched alkanes of at least 4 members (excludes halogenated alkanes) is 1. The molecule has 86 valence electrons. The molecule has 2 nitrogen and oxygen atoms in total. The summed E-state index contributed by atoms with van der Waals surface area (Å²) in [6.07, 6.45) is 7.22. The topological polar surface area (TPSA) is 40.5 Å². The van der Waals surface area contributed by atoms with E-state index in [2.05, 4.69) is 13.8 Å². The van der Waals surface area contributed by atoms with E-state index in [1.54, 1.807) is 0 Å². The van der Waals surface area contributed by atoms with Gasteiger partial charge in [0.25, 0.3) is 0 Å². The van der Waals surface area contributed by atoms with Crippen molar-refractivity contribution in [1.82, 2.24) is 0 Å². The Balaban J connectivity index is 3.27. The van der Waals surface area contributed by atoms with Gasteiger partial charge in [-0.25, -0.2) is 0 Å². The monoisotopic (exact) mass is 202 g/mol. The highest BCUT2D eigenvalue weighted by Crippen LogP contribution is 2.14. The van der Waals surface area contributed by atoms with Gasteiger partial charge in [0.2, 0.25) is 0 Å². The molecule has 0 heterocycles. The van der Waals surface area contributed by atoms with E-state index in [0.717, 1.165) is 44.9 Å². The fourth-order valence-electron chi connectivity index (χ4n) is 1.72. The van der Waals surface area contributed by atoms with Crippen molar-refractivity contribution in [2.75, 3.05) is 6.61 Å². The molecular weight excluding hydrogens is 176 g/mol. The predicted octanol–water partition coefficient (Wildman–Crippen LogP) is 2.73. The van der Waals surface area contributed by atoms with Crippen LogP contribution in [0.4, 0.5) is 0 Å². The smallest absolute Gasteiger partial charge is 0.0540 e. The maximum atomic E-state index is 9.48. The molecule has 0 saturated carbocycles. The van der Waals surface area contributed by atoms with Crippen LogP contribution in [-0.2, 0) is 0 Å². The average Bonchev–Trinajstić information content (AvgIpc) is 2.19. The molecule has 2 N–H and O–H groups in total. The largest absolute Gasteiger partial charge is 0.396 e. The number of hydrogen-bond acceptors (Lipinski definition) is 2. The van der Waals surface area contributed by atoms with Crippen molar-refractivity contribution in [3.8, 4) is 0 Å². The highest BCUT2D eigenvalue weighted by Gasteiger charge is 2.05. The van der Waals surface area contributed by atoms with Crippen LogP contribution in [0, 0.1) is 5.92 Å². The van der Waals surface area contributed by atoms with Crippen molar-refractivity contribution in [2.45, 2.75) is 64.9 Å². The fourth-order valence-corrected chi connectivity index (χ4v) is 1.72. The summed E-state index contributed by atoms with van der Waals surface area (Å²) in [7, 11) is 0. The molecule has 0 saturated heterocycles. The first-order valence-corrected chi connectivity index (χ1v) is 6.03. The fraction of sp³-hybridized carbons (Fsp3) is 1.00. The first kappa shape index (κ1) is 13.9. The minimum atomic E-state index is -0.103. The van der Waals surface area contributed by atoms with Crippen LogP contribution in [0.3, 0.4) is 0 Å². The Labute approximate surface area is 88.3 Å². The zero-order chi connectivity index (χ0) is 10.8. The number of rotatable bonds is 9. The predicted molar refractivity (Wildman–Crippen MR) is 60.2 cm³/mol. The average molecular weight is 202 g/mol. The first-order valence-electron chi connectivity index (χ1n) is 6.03. The van der Waals surface area contributed by atoms with Crippen molar-refractivity contribution in [1.29, 1.82) is 0 Å². The maximum absolute atomic E-state index is 9.48. The molecule has 0 aliphatic rings. The van der Waals surface area contributed by atoms with Crippen molar-refractivity contribution in [3.63, 3.8) is 0 Å². The molecule has 2 heteroatoms. The molecule has 0 amide bonds. The molecular formula is C12H26O2. The van der Waals surface area contributed by atoms with Crippen LogP contribution in [0.2, 0.25) is 0 Å². The summed E-state index contributed by atoms with van der Waals surface area (Å²) >= 11 is 0. The zero-order valence-electron chi connectivity index (χ0n) is 9.71. The Bertz CT molecular complexity index is 111. The summed E-state index contributed by atoms with van der Waals surface area (Å²) in [5, 5.41) is 18.4. The van der Waals surface area contributed by atoms with Crippen molar-refractivity contribution in [2.24, 2.45) is 5.92 Å². The molecule has 0 aliphatic heterocycles. The van der Waals surface area contributed by atoms with Crippen LogP contribution in [-0.4, -0.2) is 22.9 Å². The third kappa shape index (κ3) is 7.34. The second-order valence-electron chi connectivity index (χ2n) is 4.18. The summed E-state index contributed by atoms with van der Waals surface area (Å²) in [6.45, 7) is 4.53. The summed E-state index contributed by atoms with van der Waals surface area (Å²) in [5.41, 5.74) is 0. The minimum Gasteiger partial charge on any atom is -0.396 e. The van der Waals surface area contributed by atoms with E-state index in [9.17, 15) is 5.11 Å². The molecule has 0 aromatic rings. The van der Waals surface area contributed by atoms with Gasteiger partial charge in [-0.1, -0.05) is 39.5 Å². The normalized spacial score (nSPS) is 15.4. The van der Waals surface area contributed by atoms with Gasteiger partial charge in [-0.3, -0.25) is 0 Å². The van der Waals surface area contributed by atoms with Crippen LogP contribution >= 0.6 is 0 Å². The molecule has 0 fully saturated rings. The van der Waals surface area contributed by atoms with Gasteiger partial charge in [-0.2, -0.15) is 0 Å². The Morgan fingerprint density at radius 1 is 1.00 bits per heavy atom. The van der Waals surface area contributed by atoms with Crippen LogP contribution in [0.1, 0.15) is 58.8 Å². The van der Waals surface area contributed by atoms with Gasteiger partial charge in [-0.15, -0.1) is 0 Å². The van der Waals surface area contributed by atoms with Gasteiger partial charge in [0, 0.05) is 6.61 Å². The van der Waals surface area contributed by atoms with E-state index in [1.807, 2.05) is 0 Å². The highest BCUT2D eigenvalue weighted by molar-refractivity contribution is 4.58. The second-order valence-corrected chi connectivity index (χ2v) is 4.18. The molecule has 2 unspecified atom stereocenters. The molecule has 0 rings (SSSR count). The molecule has 2 atom stereocenters. The lowest BCUT2D eigenvalue weighted by atomic mass is 9.98. The molecule has 0 aromatic carbocycles. The minimum absolute atomic E-state index is 0.103. The van der Waals surface area contributed by atoms with Crippen molar-refractivity contribution >= 4 is 0 Å². The highest BCUT2D eigenvalue weighted by atomic mass is 16.3. The Morgan fingerprint density at radius 2 is 1.64 bits per heavy atom. The lowest BCUT2D eigenvalue weighted by molar-refractivity contribution is 0.147. The van der Waals surface area contributed by atoms with Gasteiger partial charge in [0.1, 0.15) is 0 Å². The third-order valence-corrected chi connectivity index (χ3v) is 2.86. The van der Waals surface area contributed by atoms with Gasteiger partial charge < -0.3 is 10.2 Å². The van der Waals surface area contributed by atoms with E-state index < -0.39 is 0 Å².